The molecule has 0 aliphatic rings. The van der Waals surface area contributed by atoms with Crippen molar-refractivity contribution in [3.05, 3.63) is 63.7 Å². The van der Waals surface area contributed by atoms with Crippen molar-refractivity contribution in [1.29, 1.82) is 5.26 Å². The van der Waals surface area contributed by atoms with Crippen LogP contribution in [0.15, 0.2) is 41.2 Å². The Morgan fingerprint density at radius 1 is 1.16 bits per heavy atom. The van der Waals surface area contributed by atoms with E-state index in [1.807, 2.05) is 6.07 Å². The molecule has 1 N–H and O–H groups in total. The van der Waals surface area contributed by atoms with E-state index in [1.165, 1.54) is 18.6 Å². The summed E-state index contributed by atoms with van der Waals surface area (Å²) in [4.78, 5) is 17.0. The normalized spacial score (nSPS) is 12.5. The zero-order valence-corrected chi connectivity index (χ0v) is 17.6. The number of nitrogens with zero attached hydrogens (tertiary/aromatic N) is 5. The lowest BCUT2D eigenvalue weighted by Gasteiger charge is -2.14. The first-order valence-corrected chi connectivity index (χ1v) is 9.74. The zero-order chi connectivity index (χ0) is 23.0. The van der Waals surface area contributed by atoms with Crippen LogP contribution in [0.3, 0.4) is 0 Å². The fourth-order valence-electron chi connectivity index (χ4n) is 3.00. The molecule has 0 saturated heterocycles. The second-order valence-corrected chi connectivity index (χ2v) is 7.40. The van der Waals surface area contributed by atoms with Crippen LogP contribution in [0.4, 0.5) is 19.2 Å². The van der Waals surface area contributed by atoms with Gasteiger partial charge in [0.25, 0.3) is 6.01 Å². The Balaban J connectivity index is 1.69. The SMILES string of the molecule is CC(Nc1nc2c(Cl)cc(C(F)(F)F)c(Cl)c2o1)c1nccnc1-c1ccc(C#N)cn1. The van der Waals surface area contributed by atoms with Crippen molar-refractivity contribution in [2.75, 3.05) is 5.32 Å². The molecule has 0 bridgehead atoms. The lowest BCUT2D eigenvalue weighted by atomic mass is 10.1. The van der Waals surface area contributed by atoms with Crippen molar-refractivity contribution in [2.24, 2.45) is 0 Å². The van der Waals surface area contributed by atoms with Crippen molar-refractivity contribution >= 4 is 40.3 Å². The lowest BCUT2D eigenvalue weighted by Crippen LogP contribution is -2.11. The summed E-state index contributed by atoms with van der Waals surface area (Å²) in [5.74, 6) is 0. The van der Waals surface area contributed by atoms with Crippen molar-refractivity contribution in [3.63, 3.8) is 0 Å². The van der Waals surface area contributed by atoms with Gasteiger partial charge in [0.15, 0.2) is 5.58 Å². The highest BCUT2D eigenvalue weighted by Crippen LogP contribution is 2.42. The van der Waals surface area contributed by atoms with E-state index in [2.05, 4.69) is 25.3 Å². The molecule has 0 aliphatic carbocycles. The molecule has 1 atom stereocenters. The summed E-state index contributed by atoms with van der Waals surface area (Å²) in [5.41, 5.74) is 0.393. The van der Waals surface area contributed by atoms with E-state index in [0.29, 0.717) is 28.7 Å². The monoisotopic (exact) mass is 478 g/mol. The van der Waals surface area contributed by atoms with Crippen LogP contribution >= 0.6 is 23.2 Å². The maximum absolute atomic E-state index is 13.2. The number of anilines is 1. The van der Waals surface area contributed by atoms with Gasteiger partial charge in [-0.3, -0.25) is 15.0 Å². The smallest absolute Gasteiger partial charge is 0.418 e. The van der Waals surface area contributed by atoms with Crippen LogP contribution in [0, 0.1) is 11.3 Å². The maximum atomic E-state index is 13.2. The van der Waals surface area contributed by atoms with E-state index >= 15 is 0 Å². The van der Waals surface area contributed by atoms with E-state index in [1.54, 1.807) is 19.1 Å². The van der Waals surface area contributed by atoms with Crippen molar-refractivity contribution in [1.82, 2.24) is 19.9 Å². The average molecular weight is 479 g/mol. The second-order valence-electron chi connectivity index (χ2n) is 6.61. The van der Waals surface area contributed by atoms with Crippen molar-refractivity contribution in [3.8, 4) is 17.5 Å². The molecule has 0 spiro atoms. The number of fused-ring (bicyclic) bond motifs is 1. The van der Waals surface area contributed by atoms with E-state index < -0.39 is 22.8 Å². The third kappa shape index (κ3) is 4.04. The standard InChI is InChI=1S/C20H11Cl2F3N6O/c1-9(15-17(28-5-4-27-15)13-3-2-10(7-26)8-29-13)30-19-31-16-12(21)6-11(20(23,24)25)14(22)18(16)32-19/h2-6,8-9H,1H3,(H,30,31). The van der Waals surface area contributed by atoms with Crippen LogP contribution in [-0.4, -0.2) is 19.9 Å². The van der Waals surface area contributed by atoms with Gasteiger partial charge in [-0.1, -0.05) is 23.2 Å². The zero-order valence-electron chi connectivity index (χ0n) is 16.1. The van der Waals surface area contributed by atoms with Crippen LogP contribution in [0.1, 0.15) is 29.8 Å². The molecule has 3 aromatic heterocycles. The first-order valence-electron chi connectivity index (χ1n) is 8.98. The molecule has 0 saturated carbocycles. The van der Waals surface area contributed by atoms with Crippen LogP contribution < -0.4 is 5.32 Å². The topological polar surface area (TPSA) is 101 Å². The summed E-state index contributed by atoms with van der Waals surface area (Å²) >= 11 is 11.9. The largest absolute Gasteiger partial charge is 0.422 e. The molecule has 0 amide bonds. The Hall–Kier alpha value is -3.42. The Labute approximate surface area is 188 Å². The number of aromatic nitrogens is 4. The summed E-state index contributed by atoms with van der Waals surface area (Å²) < 4.78 is 45.0. The highest BCUT2D eigenvalue weighted by atomic mass is 35.5. The van der Waals surface area contributed by atoms with Gasteiger partial charge in [-0.15, -0.1) is 0 Å². The highest BCUT2D eigenvalue weighted by molar-refractivity contribution is 6.40. The van der Waals surface area contributed by atoms with E-state index in [4.69, 9.17) is 32.9 Å². The van der Waals surface area contributed by atoms with E-state index in [0.717, 1.165) is 0 Å². The summed E-state index contributed by atoms with van der Waals surface area (Å²) in [5, 5.41) is 11.0. The fraction of sp³-hybridized carbons (Fsp3) is 0.150. The number of nitrogens with one attached hydrogen (secondary N) is 1. The minimum atomic E-state index is -4.70. The van der Waals surface area contributed by atoms with Gasteiger partial charge in [-0.2, -0.15) is 23.4 Å². The van der Waals surface area contributed by atoms with Crippen LogP contribution in [0.25, 0.3) is 22.5 Å². The first kappa shape index (κ1) is 21.8. The van der Waals surface area contributed by atoms with Gasteiger partial charge in [0, 0.05) is 18.6 Å². The molecule has 0 fully saturated rings. The third-order valence-electron chi connectivity index (χ3n) is 4.48. The minimum Gasteiger partial charge on any atom is -0.422 e. The predicted molar refractivity (Wildman–Crippen MR) is 111 cm³/mol. The van der Waals surface area contributed by atoms with Crippen LogP contribution in [0.2, 0.25) is 10.0 Å². The third-order valence-corrected chi connectivity index (χ3v) is 5.14. The lowest BCUT2D eigenvalue weighted by molar-refractivity contribution is -0.137. The number of alkyl halides is 3. The van der Waals surface area contributed by atoms with Crippen LogP contribution in [0.5, 0.6) is 0 Å². The summed E-state index contributed by atoms with van der Waals surface area (Å²) in [7, 11) is 0. The molecule has 4 rings (SSSR count). The predicted octanol–water partition coefficient (Wildman–Crippen LogP) is 6.05. The quantitative estimate of drug-likeness (QED) is 0.380. The van der Waals surface area contributed by atoms with Gasteiger partial charge < -0.3 is 9.73 Å². The second kappa shape index (κ2) is 8.26. The number of rotatable bonds is 4. The Kier molecular flexibility index (Phi) is 5.62. The molecular weight excluding hydrogens is 468 g/mol. The number of nitriles is 1. The molecule has 1 unspecified atom stereocenters. The summed E-state index contributed by atoms with van der Waals surface area (Å²) in [6, 6.07) is 5.29. The number of hydrogen-bond acceptors (Lipinski definition) is 7. The highest BCUT2D eigenvalue weighted by Gasteiger charge is 2.36. The number of hydrogen-bond donors (Lipinski definition) is 1. The first-order chi connectivity index (χ1) is 15.2. The molecule has 7 nitrogen and oxygen atoms in total. The molecular formula is C20H11Cl2F3N6O. The van der Waals surface area contributed by atoms with Crippen molar-refractivity contribution in [2.45, 2.75) is 19.1 Å². The average Bonchev–Trinajstić information content (AvgIpc) is 3.20. The fourth-order valence-corrected chi connectivity index (χ4v) is 3.52. The molecule has 12 heteroatoms. The van der Waals surface area contributed by atoms with Crippen LogP contribution in [-0.2, 0) is 6.18 Å². The molecule has 4 aromatic rings. The van der Waals surface area contributed by atoms with Gasteiger partial charge in [0.1, 0.15) is 17.3 Å². The van der Waals surface area contributed by atoms with Gasteiger partial charge in [-0.05, 0) is 25.1 Å². The number of benzene rings is 1. The molecule has 0 radical (unpaired) electrons. The Morgan fingerprint density at radius 2 is 1.91 bits per heavy atom. The molecule has 3 heterocycles. The maximum Gasteiger partial charge on any atom is 0.418 e. The van der Waals surface area contributed by atoms with Gasteiger partial charge in [0.2, 0.25) is 0 Å². The van der Waals surface area contributed by atoms with Gasteiger partial charge in [-0.25, -0.2) is 0 Å². The van der Waals surface area contributed by atoms with Gasteiger partial charge >= 0.3 is 6.18 Å². The van der Waals surface area contributed by atoms with E-state index in [-0.39, 0.29) is 22.1 Å². The molecule has 0 aliphatic heterocycles. The Bertz CT molecular complexity index is 1350. The summed E-state index contributed by atoms with van der Waals surface area (Å²) in [6.45, 7) is 1.73. The number of pyridine rings is 1. The number of oxazole rings is 1. The van der Waals surface area contributed by atoms with Crippen molar-refractivity contribution < 1.29 is 17.6 Å². The number of halogens is 5. The van der Waals surface area contributed by atoms with E-state index in [9.17, 15) is 13.2 Å². The molecule has 162 valence electrons. The molecule has 32 heavy (non-hydrogen) atoms. The Morgan fingerprint density at radius 3 is 2.56 bits per heavy atom. The van der Waals surface area contributed by atoms with Gasteiger partial charge in [0.05, 0.1) is 38.6 Å². The summed E-state index contributed by atoms with van der Waals surface area (Å²) in [6.07, 6.45) is -0.320. The molecule has 1 aromatic carbocycles. The minimum absolute atomic E-state index is 0.00695.